The lowest BCUT2D eigenvalue weighted by molar-refractivity contribution is 0.0949. The van der Waals surface area contributed by atoms with Gasteiger partial charge in [-0.3, -0.25) is 4.79 Å². The highest BCUT2D eigenvalue weighted by Gasteiger charge is 2.26. The summed E-state index contributed by atoms with van der Waals surface area (Å²) >= 11 is 0. The maximum atomic E-state index is 12.6. The summed E-state index contributed by atoms with van der Waals surface area (Å²) in [5, 5.41) is 22.8. The van der Waals surface area contributed by atoms with E-state index >= 15 is 0 Å². The molecule has 0 saturated heterocycles. The summed E-state index contributed by atoms with van der Waals surface area (Å²) in [5.41, 5.74) is 2.08. The lowest BCUT2D eigenvalue weighted by atomic mass is 10.2. The highest BCUT2D eigenvalue weighted by atomic mass is 16.1. The molecular weight excluding hydrogens is 408 g/mol. The van der Waals surface area contributed by atoms with Gasteiger partial charge < -0.3 is 19.8 Å². The van der Waals surface area contributed by atoms with Crippen LogP contribution < -0.4 is 10.6 Å². The summed E-state index contributed by atoms with van der Waals surface area (Å²) < 4.78 is 3.91. The van der Waals surface area contributed by atoms with Crippen LogP contribution >= 0.6 is 0 Å². The molecule has 0 atom stereocenters. The molecule has 2 N–H and O–H groups in total. The number of aromatic nitrogens is 8. The van der Waals surface area contributed by atoms with Gasteiger partial charge >= 0.3 is 0 Å². The summed E-state index contributed by atoms with van der Waals surface area (Å²) in [6.45, 7) is 0.794. The molecule has 1 aliphatic carbocycles. The number of carbonyl (C=O) groups is 1. The Morgan fingerprint density at radius 3 is 2.84 bits per heavy atom. The summed E-state index contributed by atoms with van der Waals surface area (Å²) in [5.74, 6) is 2.02. The number of nitrogens with zero attached hydrogens (tertiary/aromatic N) is 8. The van der Waals surface area contributed by atoms with Crippen molar-refractivity contribution in [1.29, 1.82) is 0 Å². The van der Waals surface area contributed by atoms with Crippen molar-refractivity contribution in [3.63, 3.8) is 0 Å². The minimum atomic E-state index is -0.163. The predicted molar refractivity (Wildman–Crippen MR) is 115 cm³/mol. The number of benzene rings is 1. The van der Waals surface area contributed by atoms with Crippen molar-refractivity contribution in [3.05, 3.63) is 66.4 Å². The van der Waals surface area contributed by atoms with E-state index in [1.807, 2.05) is 34.4 Å². The fourth-order valence-corrected chi connectivity index (χ4v) is 3.43. The summed E-state index contributed by atoms with van der Waals surface area (Å²) in [7, 11) is 1.89. The SMILES string of the molecule is Cn1c(CNc2cccc(C(=O)NCc3nncn3C3CC3)c2)nnc1-c1ccncn1. The minimum absolute atomic E-state index is 0.163. The molecule has 32 heavy (non-hydrogen) atoms. The van der Waals surface area contributed by atoms with E-state index in [2.05, 4.69) is 41.0 Å². The number of nitrogens with one attached hydrogen (secondary N) is 2. The summed E-state index contributed by atoms with van der Waals surface area (Å²) in [6.07, 6.45) is 7.15. The van der Waals surface area contributed by atoms with Gasteiger partial charge in [0, 0.05) is 30.5 Å². The molecule has 1 saturated carbocycles. The molecular formula is C21H22N10O. The first-order valence-corrected chi connectivity index (χ1v) is 10.3. The van der Waals surface area contributed by atoms with Crippen LogP contribution in [0.1, 0.15) is 40.9 Å². The Kier molecular flexibility index (Phi) is 5.28. The maximum Gasteiger partial charge on any atom is 0.251 e. The molecule has 3 aromatic heterocycles. The third-order valence-corrected chi connectivity index (χ3v) is 5.35. The third kappa shape index (κ3) is 4.17. The highest BCUT2D eigenvalue weighted by Crippen LogP contribution is 2.35. The van der Waals surface area contributed by atoms with E-state index in [0.29, 0.717) is 36.2 Å². The van der Waals surface area contributed by atoms with Crippen LogP contribution in [0, 0.1) is 0 Å². The number of rotatable bonds is 8. The molecule has 0 aliphatic heterocycles. The lowest BCUT2D eigenvalue weighted by Gasteiger charge is -2.10. The van der Waals surface area contributed by atoms with Crippen LogP contribution in [0.5, 0.6) is 0 Å². The van der Waals surface area contributed by atoms with E-state index in [9.17, 15) is 4.79 Å². The maximum absolute atomic E-state index is 12.6. The smallest absolute Gasteiger partial charge is 0.251 e. The predicted octanol–water partition coefficient (Wildman–Crippen LogP) is 1.74. The molecule has 1 fully saturated rings. The monoisotopic (exact) mass is 430 g/mol. The molecule has 1 aliphatic rings. The summed E-state index contributed by atoms with van der Waals surface area (Å²) in [4.78, 5) is 20.8. The van der Waals surface area contributed by atoms with Crippen LogP contribution in [0.25, 0.3) is 11.5 Å². The Bertz CT molecular complexity index is 1230. The van der Waals surface area contributed by atoms with Gasteiger partial charge in [0.1, 0.15) is 18.3 Å². The Morgan fingerprint density at radius 2 is 2.03 bits per heavy atom. The first-order valence-electron chi connectivity index (χ1n) is 10.3. The molecule has 5 rings (SSSR count). The Balaban J connectivity index is 1.21. The number of anilines is 1. The van der Waals surface area contributed by atoms with E-state index < -0.39 is 0 Å². The molecule has 4 aromatic rings. The van der Waals surface area contributed by atoms with Gasteiger partial charge in [-0.2, -0.15) is 0 Å². The topological polar surface area (TPSA) is 128 Å². The van der Waals surface area contributed by atoms with Crippen molar-refractivity contribution in [2.24, 2.45) is 7.05 Å². The Labute approximate surface area is 184 Å². The van der Waals surface area contributed by atoms with Crippen LogP contribution in [0.2, 0.25) is 0 Å². The quantitative estimate of drug-likeness (QED) is 0.433. The van der Waals surface area contributed by atoms with Crippen molar-refractivity contribution in [1.82, 2.24) is 44.8 Å². The molecule has 1 aromatic carbocycles. The van der Waals surface area contributed by atoms with Gasteiger partial charge in [0.25, 0.3) is 5.91 Å². The van der Waals surface area contributed by atoms with Crippen molar-refractivity contribution < 1.29 is 4.79 Å². The molecule has 3 heterocycles. The second kappa shape index (κ2) is 8.53. The van der Waals surface area contributed by atoms with Crippen molar-refractivity contribution in [2.45, 2.75) is 32.0 Å². The molecule has 0 bridgehead atoms. The van der Waals surface area contributed by atoms with E-state index in [1.165, 1.54) is 6.33 Å². The van der Waals surface area contributed by atoms with Gasteiger partial charge in [-0.25, -0.2) is 9.97 Å². The van der Waals surface area contributed by atoms with Gasteiger partial charge in [0.05, 0.1) is 13.1 Å². The molecule has 1 amide bonds. The standard InChI is InChI=1S/C21H22N10O/c1-30-18(28-29-20(30)17-7-8-22-12-25-17)10-23-15-4-2-3-14(9-15)21(32)24-11-19-27-26-13-31(19)16-5-6-16/h2-4,7-9,12-13,16,23H,5-6,10-11H2,1H3,(H,24,32). The van der Waals surface area contributed by atoms with Gasteiger partial charge in [-0.1, -0.05) is 6.07 Å². The number of amides is 1. The highest BCUT2D eigenvalue weighted by molar-refractivity contribution is 5.95. The zero-order valence-electron chi connectivity index (χ0n) is 17.5. The first-order chi connectivity index (χ1) is 15.7. The number of carbonyl (C=O) groups excluding carboxylic acids is 1. The van der Waals surface area contributed by atoms with Crippen molar-refractivity contribution >= 4 is 11.6 Å². The third-order valence-electron chi connectivity index (χ3n) is 5.35. The fourth-order valence-electron chi connectivity index (χ4n) is 3.43. The number of hydrogen-bond donors (Lipinski definition) is 2. The molecule has 11 nitrogen and oxygen atoms in total. The average Bonchev–Trinajstić information content (AvgIpc) is 3.45. The molecule has 0 unspecified atom stereocenters. The normalized spacial score (nSPS) is 13.2. The molecule has 162 valence electrons. The zero-order chi connectivity index (χ0) is 21.9. The van der Waals surface area contributed by atoms with Crippen LogP contribution in [-0.4, -0.2) is 45.4 Å². The van der Waals surface area contributed by atoms with Gasteiger partial charge in [-0.05, 0) is 37.1 Å². The minimum Gasteiger partial charge on any atom is -0.378 e. The van der Waals surface area contributed by atoms with Crippen LogP contribution in [0.15, 0.2) is 49.2 Å². The molecule has 11 heteroatoms. The second-order valence-corrected chi connectivity index (χ2v) is 7.60. The fraction of sp³-hybridized carbons (Fsp3) is 0.286. The van der Waals surface area contributed by atoms with Gasteiger partial charge in [-0.15, -0.1) is 20.4 Å². The Hall–Kier alpha value is -4.15. The molecule has 0 spiro atoms. The summed E-state index contributed by atoms with van der Waals surface area (Å²) in [6, 6.07) is 9.59. The van der Waals surface area contributed by atoms with Crippen LogP contribution in [0.3, 0.4) is 0 Å². The van der Waals surface area contributed by atoms with Crippen molar-refractivity contribution in [2.75, 3.05) is 5.32 Å². The van der Waals surface area contributed by atoms with Crippen LogP contribution in [0.4, 0.5) is 5.69 Å². The average molecular weight is 430 g/mol. The van der Waals surface area contributed by atoms with Gasteiger partial charge in [0.2, 0.25) is 0 Å². The molecule has 0 radical (unpaired) electrons. The lowest BCUT2D eigenvalue weighted by Crippen LogP contribution is -2.24. The second-order valence-electron chi connectivity index (χ2n) is 7.60. The van der Waals surface area contributed by atoms with E-state index in [-0.39, 0.29) is 5.91 Å². The van der Waals surface area contributed by atoms with E-state index in [4.69, 9.17) is 0 Å². The number of hydrogen-bond acceptors (Lipinski definition) is 8. The van der Waals surface area contributed by atoms with E-state index in [0.717, 1.165) is 30.2 Å². The zero-order valence-corrected chi connectivity index (χ0v) is 17.5. The van der Waals surface area contributed by atoms with Crippen molar-refractivity contribution in [3.8, 4) is 11.5 Å². The Morgan fingerprint density at radius 1 is 1.12 bits per heavy atom. The van der Waals surface area contributed by atoms with Gasteiger partial charge in [0.15, 0.2) is 17.5 Å². The van der Waals surface area contributed by atoms with Crippen LogP contribution in [-0.2, 0) is 20.1 Å². The first kappa shape index (κ1) is 19.8. The largest absolute Gasteiger partial charge is 0.378 e. The van der Waals surface area contributed by atoms with E-state index in [1.54, 1.807) is 24.7 Å².